The van der Waals surface area contributed by atoms with Gasteiger partial charge in [0.05, 0.1) is 17.8 Å². The van der Waals surface area contributed by atoms with Crippen LogP contribution in [0.15, 0.2) is 6.07 Å². The molecule has 16 heavy (non-hydrogen) atoms. The zero-order valence-electron chi connectivity index (χ0n) is 8.84. The van der Waals surface area contributed by atoms with Gasteiger partial charge >= 0.3 is 5.97 Å². The lowest BCUT2D eigenvalue weighted by Crippen LogP contribution is -2.15. The first-order valence-electron chi connectivity index (χ1n) is 5.01. The number of methoxy groups -OCH3 is 1. The molecule has 1 aromatic carbocycles. The summed E-state index contributed by atoms with van der Waals surface area (Å²) >= 11 is 6.04. The molecule has 0 aliphatic carbocycles. The lowest BCUT2D eigenvalue weighted by Gasteiger charge is -2.22. The zero-order chi connectivity index (χ0) is 11.7. The van der Waals surface area contributed by atoms with Crippen molar-refractivity contribution in [3.05, 3.63) is 22.2 Å². The van der Waals surface area contributed by atoms with E-state index in [2.05, 4.69) is 5.32 Å². The molecule has 0 saturated heterocycles. The Morgan fingerprint density at radius 3 is 3.00 bits per heavy atom. The second-order valence-corrected chi connectivity index (χ2v) is 4.04. The first-order valence-corrected chi connectivity index (χ1v) is 5.39. The van der Waals surface area contributed by atoms with Gasteiger partial charge in [-0.05, 0) is 18.9 Å². The van der Waals surface area contributed by atoms with Crippen molar-refractivity contribution in [2.45, 2.75) is 12.8 Å². The largest absolute Gasteiger partial charge is 0.495 e. The Morgan fingerprint density at radius 2 is 2.38 bits per heavy atom. The number of halogens is 1. The predicted molar refractivity (Wildman–Crippen MR) is 61.8 cm³/mol. The van der Waals surface area contributed by atoms with Crippen LogP contribution in [0, 0.1) is 0 Å². The number of carbonyl (C=O) groups is 1. The minimum Gasteiger partial charge on any atom is -0.495 e. The van der Waals surface area contributed by atoms with Crippen molar-refractivity contribution in [3.8, 4) is 5.75 Å². The molecule has 0 saturated carbocycles. The topological polar surface area (TPSA) is 58.6 Å². The van der Waals surface area contributed by atoms with E-state index in [1.54, 1.807) is 0 Å². The Balaban J connectivity index is 2.66. The number of nitrogens with one attached hydrogen (secondary N) is 1. The SMILES string of the molecule is COc1c(C(=O)O)cc(Cl)c2c1CCCN2. The average Bonchev–Trinajstić information content (AvgIpc) is 2.29. The molecule has 0 atom stereocenters. The standard InChI is InChI=1S/C11H12ClNO3/c1-16-10-6-3-2-4-13-9(6)8(12)5-7(10)11(14)15/h5,13H,2-4H2,1H3,(H,14,15). The number of hydrogen-bond donors (Lipinski definition) is 2. The van der Waals surface area contributed by atoms with Crippen LogP contribution in [0.25, 0.3) is 0 Å². The van der Waals surface area contributed by atoms with Crippen LogP contribution < -0.4 is 10.1 Å². The summed E-state index contributed by atoms with van der Waals surface area (Å²) in [5.41, 5.74) is 1.78. The molecule has 86 valence electrons. The van der Waals surface area contributed by atoms with Crippen LogP contribution in [0.5, 0.6) is 5.75 Å². The van der Waals surface area contributed by atoms with Crippen molar-refractivity contribution >= 4 is 23.3 Å². The minimum atomic E-state index is -1.02. The Hall–Kier alpha value is -1.42. The van der Waals surface area contributed by atoms with E-state index in [0.717, 1.165) is 30.6 Å². The number of fused-ring (bicyclic) bond motifs is 1. The van der Waals surface area contributed by atoms with Crippen molar-refractivity contribution < 1.29 is 14.6 Å². The lowest BCUT2D eigenvalue weighted by molar-refractivity contribution is 0.0693. The van der Waals surface area contributed by atoms with Gasteiger partial charge in [0.15, 0.2) is 0 Å². The fourth-order valence-corrected chi connectivity index (χ4v) is 2.27. The van der Waals surface area contributed by atoms with Gasteiger partial charge in [0.1, 0.15) is 11.3 Å². The molecule has 0 radical (unpaired) electrons. The molecule has 0 bridgehead atoms. The normalized spacial score (nSPS) is 13.9. The fraction of sp³-hybridized carbons (Fsp3) is 0.364. The Labute approximate surface area is 98.2 Å². The van der Waals surface area contributed by atoms with E-state index in [1.165, 1.54) is 13.2 Å². The Bertz CT molecular complexity index is 445. The summed E-state index contributed by atoms with van der Waals surface area (Å²) < 4.78 is 5.18. The van der Waals surface area contributed by atoms with E-state index in [9.17, 15) is 4.79 Å². The molecule has 2 rings (SSSR count). The monoisotopic (exact) mass is 241 g/mol. The second kappa shape index (κ2) is 4.22. The van der Waals surface area contributed by atoms with E-state index < -0.39 is 5.97 Å². The molecule has 1 aliphatic heterocycles. The molecule has 0 fully saturated rings. The molecule has 0 spiro atoms. The van der Waals surface area contributed by atoms with Crippen LogP contribution >= 0.6 is 11.6 Å². The van der Waals surface area contributed by atoms with Crippen molar-refractivity contribution in [2.24, 2.45) is 0 Å². The summed E-state index contributed by atoms with van der Waals surface area (Å²) in [5.74, 6) is -0.605. The van der Waals surface area contributed by atoms with E-state index in [-0.39, 0.29) is 5.56 Å². The van der Waals surface area contributed by atoms with Crippen molar-refractivity contribution in [3.63, 3.8) is 0 Å². The lowest BCUT2D eigenvalue weighted by atomic mass is 9.99. The molecule has 0 aromatic heterocycles. The molecule has 1 aliphatic rings. The van der Waals surface area contributed by atoms with Crippen LogP contribution in [0.2, 0.25) is 5.02 Å². The maximum atomic E-state index is 11.1. The van der Waals surface area contributed by atoms with Crippen molar-refractivity contribution in [2.75, 3.05) is 19.0 Å². The number of rotatable bonds is 2. The van der Waals surface area contributed by atoms with E-state index in [0.29, 0.717) is 10.8 Å². The molecule has 0 amide bonds. The van der Waals surface area contributed by atoms with Gasteiger partial charge in [-0.2, -0.15) is 0 Å². The predicted octanol–water partition coefficient (Wildman–Crippen LogP) is 2.40. The maximum Gasteiger partial charge on any atom is 0.339 e. The van der Waals surface area contributed by atoms with E-state index in [1.807, 2.05) is 0 Å². The van der Waals surface area contributed by atoms with Gasteiger partial charge in [0.2, 0.25) is 0 Å². The summed E-state index contributed by atoms with van der Waals surface area (Å²) in [4.78, 5) is 11.1. The highest BCUT2D eigenvalue weighted by atomic mass is 35.5. The molecular weight excluding hydrogens is 230 g/mol. The number of carboxylic acids is 1. The smallest absolute Gasteiger partial charge is 0.339 e. The highest BCUT2D eigenvalue weighted by Crippen LogP contribution is 2.39. The van der Waals surface area contributed by atoms with Gasteiger partial charge in [-0.1, -0.05) is 11.6 Å². The summed E-state index contributed by atoms with van der Waals surface area (Å²) in [6, 6.07) is 1.43. The molecular formula is C11H12ClNO3. The summed E-state index contributed by atoms with van der Waals surface area (Å²) in [6.07, 6.45) is 1.73. The highest BCUT2D eigenvalue weighted by molar-refractivity contribution is 6.34. The zero-order valence-corrected chi connectivity index (χ0v) is 9.60. The summed E-state index contributed by atoms with van der Waals surface area (Å²) in [7, 11) is 1.48. The first-order chi connectivity index (χ1) is 7.65. The van der Waals surface area contributed by atoms with Crippen molar-refractivity contribution in [1.29, 1.82) is 0 Å². The Kier molecular flexibility index (Phi) is 2.92. The van der Waals surface area contributed by atoms with E-state index in [4.69, 9.17) is 21.4 Å². The number of ether oxygens (including phenoxy) is 1. The van der Waals surface area contributed by atoms with E-state index >= 15 is 0 Å². The molecule has 5 heteroatoms. The fourth-order valence-electron chi connectivity index (χ4n) is 1.98. The van der Waals surface area contributed by atoms with Crippen LogP contribution in [0.1, 0.15) is 22.3 Å². The van der Waals surface area contributed by atoms with Gasteiger partial charge < -0.3 is 15.2 Å². The Morgan fingerprint density at radius 1 is 1.62 bits per heavy atom. The van der Waals surface area contributed by atoms with Crippen LogP contribution in [0.4, 0.5) is 5.69 Å². The molecule has 1 aromatic rings. The van der Waals surface area contributed by atoms with Gasteiger partial charge in [0, 0.05) is 12.1 Å². The summed E-state index contributed by atoms with van der Waals surface area (Å²) in [6.45, 7) is 0.849. The molecule has 0 unspecified atom stereocenters. The van der Waals surface area contributed by atoms with Gasteiger partial charge in [-0.25, -0.2) is 4.79 Å². The third-order valence-electron chi connectivity index (χ3n) is 2.67. The minimum absolute atomic E-state index is 0.120. The van der Waals surface area contributed by atoms with Gasteiger partial charge in [0.25, 0.3) is 0 Å². The van der Waals surface area contributed by atoms with Gasteiger partial charge in [-0.15, -0.1) is 0 Å². The number of hydrogen-bond acceptors (Lipinski definition) is 3. The molecule has 4 nitrogen and oxygen atoms in total. The number of anilines is 1. The quantitative estimate of drug-likeness (QED) is 0.835. The third-order valence-corrected chi connectivity index (χ3v) is 2.97. The second-order valence-electron chi connectivity index (χ2n) is 3.63. The van der Waals surface area contributed by atoms with Crippen LogP contribution in [-0.2, 0) is 6.42 Å². The average molecular weight is 242 g/mol. The van der Waals surface area contributed by atoms with Crippen LogP contribution in [-0.4, -0.2) is 24.7 Å². The first kappa shape index (κ1) is 11.1. The van der Waals surface area contributed by atoms with Gasteiger partial charge in [-0.3, -0.25) is 0 Å². The molecule has 2 N–H and O–H groups in total. The summed E-state index contributed by atoms with van der Waals surface area (Å²) in [5, 5.41) is 12.7. The third kappa shape index (κ3) is 1.69. The molecule has 1 heterocycles. The highest BCUT2D eigenvalue weighted by Gasteiger charge is 2.23. The van der Waals surface area contributed by atoms with Crippen LogP contribution in [0.3, 0.4) is 0 Å². The number of aromatic carboxylic acids is 1. The van der Waals surface area contributed by atoms with Crippen molar-refractivity contribution in [1.82, 2.24) is 0 Å². The maximum absolute atomic E-state index is 11.1. The number of benzene rings is 1. The number of carboxylic acid groups (broad SMARTS) is 1.